The molecule has 0 unspecified atom stereocenters. The van der Waals surface area contributed by atoms with Crippen LogP contribution in [0.2, 0.25) is 0 Å². The number of halogens is 1. The van der Waals surface area contributed by atoms with Crippen LogP contribution in [0.3, 0.4) is 0 Å². The van der Waals surface area contributed by atoms with Gasteiger partial charge in [0, 0.05) is 5.56 Å². The Labute approximate surface area is 145 Å². The largest absolute Gasteiger partial charge is 0.494 e. The number of benzene rings is 2. The molecule has 0 atom stereocenters. The van der Waals surface area contributed by atoms with Crippen LogP contribution in [0.25, 0.3) is 6.08 Å². The van der Waals surface area contributed by atoms with Gasteiger partial charge in [-0.3, -0.25) is 0 Å². The number of nitrogens with zero attached hydrogens (tertiary/aromatic N) is 1. The van der Waals surface area contributed by atoms with Crippen LogP contribution < -0.4 is 4.74 Å². The molecule has 25 heavy (non-hydrogen) atoms. The van der Waals surface area contributed by atoms with E-state index in [2.05, 4.69) is 11.9 Å². The highest BCUT2D eigenvalue weighted by molar-refractivity contribution is 6.12. The van der Waals surface area contributed by atoms with Gasteiger partial charge < -0.3 is 9.47 Å². The van der Waals surface area contributed by atoms with E-state index in [0.717, 1.165) is 24.2 Å². The number of carbonyl (C=O) groups is 1. The van der Waals surface area contributed by atoms with Gasteiger partial charge in [-0.2, -0.15) is 0 Å². The van der Waals surface area contributed by atoms with Gasteiger partial charge in [-0.15, -0.1) is 0 Å². The Kier molecular flexibility index (Phi) is 5.23. The van der Waals surface area contributed by atoms with Crippen molar-refractivity contribution in [2.45, 2.75) is 19.8 Å². The molecule has 128 valence electrons. The first-order chi connectivity index (χ1) is 12.2. The summed E-state index contributed by atoms with van der Waals surface area (Å²) in [6.45, 7) is 2.80. The van der Waals surface area contributed by atoms with Crippen molar-refractivity contribution in [1.29, 1.82) is 0 Å². The Bertz CT molecular complexity index is 808. The summed E-state index contributed by atoms with van der Waals surface area (Å²) in [5.41, 5.74) is 1.58. The minimum absolute atomic E-state index is 0.177. The lowest BCUT2D eigenvalue weighted by Gasteiger charge is -2.05. The van der Waals surface area contributed by atoms with Crippen LogP contribution in [-0.2, 0) is 9.53 Å². The Morgan fingerprint density at radius 3 is 2.52 bits per heavy atom. The van der Waals surface area contributed by atoms with Crippen LogP contribution in [0.5, 0.6) is 5.75 Å². The highest BCUT2D eigenvalue weighted by atomic mass is 19.1. The molecular weight excluding hydrogens is 321 g/mol. The number of ether oxygens (including phenoxy) is 2. The number of esters is 1. The van der Waals surface area contributed by atoms with Gasteiger partial charge in [0.2, 0.25) is 5.90 Å². The van der Waals surface area contributed by atoms with Crippen LogP contribution in [-0.4, -0.2) is 18.5 Å². The number of cyclic esters (lactones) is 1. The average Bonchev–Trinajstić information content (AvgIpc) is 2.98. The number of hydrogen-bond acceptors (Lipinski definition) is 4. The van der Waals surface area contributed by atoms with Gasteiger partial charge in [-0.05, 0) is 54.5 Å². The number of rotatable bonds is 6. The first kappa shape index (κ1) is 16.9. The van der Waals surface area contributed by atoms with Gasteiger partial charge in [0.25, 0.3) is 0 Å². The zero-order chi connectivity index (χ0) is 17.6. The summed E-state index contributed by atoms with van der Waals surface area (Å²) in [4.78, 5) is 16.2. The molecule has 0 bridgehead atoms. The zero-order valence-electron chi connectivity index (χ0n) is 13.9. The number of hydrogen-bond donors (Lipinski definition) is 0. The van der Waals surface area contributed by atoms with Crippen LogP contribution in [0.15, 0.2) is 59.2 Å². The lowest BCUT2D eigenvalue weighted by molar-refractivity contribution is -0.129. The molecule has 5 heteroatoms. The maximum Gasteiger partial charge on any atom is 0.363 e. The molecular formula is C20H18FNO3. The molecule has 1 heterocycles. The van der Waals surface area contributed by atoms with Crippen LogP contribution in [0.4, 0.5) is 4.39 Å². The van der Waals surface area contributed by atoms with Crippen molar-refractivity contribution in [2.75, 3.05) is 6.61 Å². The van der Waals surface area contributed by atoms with Crippen molar-refractivity contribution in [1.82, 2.24) is 0 Å². The minimum atomic E-state index is -0.525. The topological polar surface area (TPSA) is 47.9 Å². The fourth-order valence-electron chi connectivity index (χ4n) is 2.28. The fraction of sp³-hybridized carbons (Fsp3) is 0.200. The van der Waals surface area contributed by atoms with E-state index in [1.807, 2.05) is 24.3 Å². The summed E-state index contributed by atoms with van der Waals surface area (Å²) in [6.07, 6.45) is 3.74. The third-order valence-electron chi connectivity index (χ3n) is 3.66. The molecule has 0 radical (unpaired) electrons. The average molecular weight is 339 g/mol. The maximum atomic E-state index is 13.0. The molecule has 0 N–H and O–H groups in total. The normalized spacial score (nSPS) is 15.2. The number of aliphatic imine (C=N–C) groups is 1. The molecule has 0 aromatic heterocycles. The third kappa shape index (κ3) is 4.32. The molecule has 0 fully saturated rings. The van der Waals surface area contributed by atoms with E-state index in [4.69, 9.17) is 9.47 Å². The van der Waals surface area contributed by atoms with Gasteiger partial charge in [0.15, 0.2) is 5.70 Å². The van der Waals surface area contributed by atoms with Crippen molar-refractivity contribution >= 4 is 17.9 Å². The second-order valence-electron chi connectivity index (χ2n) is 5.61. The van der Waals surface area contributed by atoms with E-state index in [0.29, 0.717) is 12.2 Å². The van der Waals surface area contributed by atoms with Crippen LogP contribution in [0, 0.1) is 5.82 Å². The Balaban J connectivity index is 1.74. The van der Waals surface area contributed by atoms with Gasteiger partial charge >= 0.3 is 5.97 Å². The molecule has 0 spiro atoms. The van der Waals surface area contributed by atoms with Crippen molar-refractivity contribution in [3.63, 3.8) is 0 Å². The molecule has 1 aliphatic rings. The molecule has 0 saturated carbocycles. The maximum absolute atomic E-state index is 13.0. The lowest BCUT2D eigenvalue weighted by Crippen LogP contribution is -2.05. The SMILES string of the molecule is CCCCOc1ccc(/C=C2/N=C(c3ccc(F)cc3)OC2=O)cc1. The minimum Gasteiger partial charge on any atom is -0.494 e. The van der Waals surface area contributed by atoms with E-state index in [1.165, 1.54) is 24.3 Å². The first-order valence-electron chi connectivity index (χ1n) is 8.17. The summed E-state index contributed by atoms with van der Waals surface area (Å²) >= 11 is 0. The van der Waals surface area contributed by atoms with Crippen LogP contribution in [0.1, 0.15) is 30.9 Å². The summed E-state index contributed by atoms with van der Waals surface area (Å²) in [5, 5.41) is 0. The molecule has 2 aromatic carbocycles. The van der Waals surface area contributed by atoms with Crippen molar-refractivity contribution in [3.8, 4) is 5.75 Å². The molecule has 1 aliphatic heterocycles. The Hall–Kier alpha value is -2.95. The molecule has 4 nitrogen and oxygen atoms in total. The van der Waals surface area contributed by atoms with E-state index >= 15 is 0 Å². The van der Waals surface area contributed by atoms with Gasteiger partial charge in [-0.1, -0.05) is 25.5 Å². The first-order valence-corrected chi connectivity index (χ1v) is 8.17. The summed E-state index contributed by atoms with van der Waals surface area (Å²) in [6, 6.07) is 13.1. The van der Waals surface area contributed by atoms with E-state index in [9.17, 15) is 9.18 Å². The van der Waals surface area contributed by atoms with Gasteiger partial charge in [-0.25, -0.2) is 14.2 Å². The smallest absolute Gasteiger partial charge is 0.363 e. The van der Waals surface area contributed by atoms with E-state index in [-0.39, 0.29) is 17.4 Å². The van der Waals surface area contributed by atoms with Gasteiger partial charge in [0.05, 0.1) is 6.61 Å². The second-order valence-corrected chi connectivity index (χ2v) is 5.61. The quantitative estimate of drug-likeness (QED) is 0.447. The fourth-order valence-corrected chi connectivity index (χ4v) is 2.28. The van der Waals surface area contributed by atoms with Crippen molar-refractivity contribution < 1.29 is 18.7 Å². The highest BCUT2D eigenvalue weighted by Gasteiger charge is 2.24. The molecule has 0 saturated heterocycles. The predicted octanol–water partition coefficient (Wildman–Crippen LogP) is 4.35. The second kappa shape index (κ2) is 7.75. The third-order valence-corrected chi connectivity index (χ3v) is 3.66. The standard InChI is InChI=1S/C20H18FNO3/c1-2-3-12-24-17-10-4-14(5-11-17)13-18-20(23)25-19(22-18)15-6-8-16(21)9-7-15/h4-11,13H,2-3,12H2,1H3/b18-13+. The van der Waals surface area contributed by atoms with Crippen molar-refractivity contribution in [2.24, 2.45) is 4.99 Å². The Morgan fingerprint density at radius 1 is 1.12 bits per heavy atom. The Morgan fingerprint density at radius 2 is 1.84 bits per heavy atom. The molecule has 3 rings (SSSR count). The number of unbranched alkanes of at least 4 members (excludes halogenated alkanes) is 1. The predicted molar refractivity (Wildman–Crippen MR) is 93.9 cm³/mol. The van der Waals surface area contributed by atoms with Crippen molar-refractivity contribution in [3.05, 3.63) is 71.2 Å². The number of carbonyl (C=O) groups excluding carboxylic acids is 1. The van der Waals surface area contributed by atoms with E-state index < -0.39 is 5.97 Å². The van der Waals surface area contributed by atoms with Gasteiger partial charge in [0.1, 0.15) is 11.6 Å². The van der Waals surface area contributed by atoms with E-state index in [1.54, 1.807) is 6.08 Å². The summed E-state index contributed by atoms with van der Waals surface area (Å²) < 4.78 is 23.7. The van der Waals surface area contributed by atoms with Crippen LogP contribution >= 0.6 is 0 Å². The molecule has 0 aliphatic carbocycles. The summed E-state index contributed by atoms with van der Waals surface area (Å²) in [5.74, 6) is 0.0872. The zero-order valence-corrected chi connectivity index (χ0v) is 13.9. The summed E-state index contributed by atoms with van der Waals surface area (Å²) in [7, 11) is 0. The lowest BCUT2D eigenvalue weighted by atomic mass is 10.2. The molecule has 2 aromatic rings. The highest BCUT2D eigenvalue weighted by Crippen LogP contribution is 2.21. The monoisotopic (exact) mass is 339 g/mol. The molecule has 0 amide bonds.